The van der Waals surface area contributed by atoms with E-state index in [0.717, 1.165) is 43.9 Å². The number of methoxy groups -OCH3 is 1. The molecule has 128 valence electrons. The van der Waals surface area contributed by atoms with Crippen molar-refractivity contribution in [3.8, 4) is 11.5 Å². The first-order valence-corrected chi connectivity index (χ1v) is 8.38. The summed E-state index contributed by atoms with van der Waals surface area (Å²) in [5, 5.41) is 9.14. The summed E-state index contributed by atoms with van der Waals surface area (Å²) in [6, 6.07) is 6.38. The first-order valence-electron chi connectivity index (χ1n) is 8.38. The Morgan fingerprint density at radius 1 is 1.30 bits per heavy atom. The lowest BCUT2D eigenvalue weighted by atomic mass is 9.93. The second-order valence-electron chi connectivity index (χ2n) is 5.92. The minimum Gasteiger partial charge on any atom is -0.493 e. The number of ether oxygens (including phenoxy) is 2. The van der Waals surface area contributed by atoms with E-state index in [4.69, 9.17) is 14.6 Å². The largest absolute Gasteiger partial charge is 0.493 e. The molecule has 0 aromatic heterocycles. The molecule has 0 saturated carbocycles. The fourth-order valence-corrected chi connectivity index (χ4v) is 3.33. The molecule has 0 bridgehead atoms. The zero-order chi connectivity index (χ0) is 16.8. The zero-order valence-electron chi connectivity index (χ0n) is 14.2. The molecule has 1 aromatic rings. The molecule has 0 radical (unpaired) electrons. The van der Waals surface area contributed by atoms with Crippen molar-refractivity contribution in [2.75, 3.05) is 26.8 Å². The molecule has 1 aromatic carbocycles. The number of carbonyl (C=O) groups is 1. The van der Waals surface area contributed by atoms with Crippen LogP contribution in [-0.4, -0.2) is 42.8 Å². The zero-order valence-corrected chi connectivity index (χ0v) is 14.2. The minimum absolute atomic E-state index is 0.196. The highest BCUT2D eigenvalue weighted by Gasteiger charge is 2.28. The summed E-state index contributed by atoms with van der Waals surface area (Å²) in [4.78, 5) is 13.5. The van der Waals surface area contributed by atoms with Crippen LogP contribution in [0.25, 0.3) is 0 Å². The fourth-order valence-electron chi connectivity index (χ4n) is 3.33. The van der Waals surface area contributed by atoms with Crippen LogP contribution in [-0.2, 0) is 4.79 Å². The number of rotatable bonds is 7. The topological polar surface area (TPSA) is 59.0 Å². The van der Waals surface area contributed by atoms with Gasteiger partial charge in [0.25, 0.3) is 0 Å². The molecule has 5 nitrogen and oxygen atoms in total. The minimum atomic E-state index is -0.666. The Hall–Kier alpha value is -1.75. The van der Waals surface area contributed by atoms with Gasteiger partial charge in [0.05, 0.1) is 19.6 Å². The number of carboxylic acids is 1. The molecule has 1 aliphatic rings. The summed E-state index contributed by atoms with van der Waals surface area (Å²) in [6.07, 6.45) is 2.43. The second-order valence-corrected chi connectivity index (χ2v) is 5.92. The van der Waals surface area contributed by atoms with Gasteiger partial charge in [-0.3, -0.25) is 9.69 Å². The van der Waals surface area contributed by atoms with E-state index >= 15 is 0 Å². The van der Waals surface area contributed by atoms with Gasteiger partial charge in [-0.1, -0.05) is 13.0 Å². The second kappa shape index (κ2) is 8.20. The van der Waals surface area contributed by atoms with E-state index in [1.54, 1.807) is 7.11 Å². The van der Waals surface area contributed by atoms with Crippen molar-refractivity contribution in [2.45, 2.75) is 39.2 Å². The normalized spacial score (nSPS) is 17.7. The van der Waals surface area contributed by atoms with E-state index in [2.05, 4.69) is 17.9 Å². The molecule has 0 amide bonds. The summed E-state index contributed by atoms with van der Waals surface area (Å²) in [6.45, 7) is 6.37. The lowest BCUT2D eigenvalue weighted by molar-refractivity contribution is -0.143. The number of hydrogen-bond acceptors (Lipinski definition) is 4. The van der Waals surface area contributed by atoms with Gasteiger partial charge in [0.2, 0.25) is 0 Å². The Bertz CT molecular complexity index is 524. The third kappa shape index (κ3) is 4.16. The van der Waals surface area contributed by atoms with Crippen molar-refractivity contribution in [1.29, 1.82) is 0 Å². The van der Waals surface area contributed by atoms with Crippen LogP contribution in [0.3, 0.4) is 0 Å². The number of piperidine rings is 1. The summed E-state index contributed by atoms with van der Waals surface area (Å²) < 4.78 is 11.0. The standard InChI is InChI=1S/C18H27NO4/c1-4-15(19-10-8-13(9-11-19)18(20)21)14-6-7-16(23-5-2)17(12-14)22-3/h6-7,12-13,15H,4-5,8-11H2,1-3H3,(H,20,21). The van der Waals surface area contributed by atoms with Gasteiger partial charge in [-0.2, -0.15) is 0 Å². The Balaban J connectivity index is 2.13. The summed E-state index contributed by atoms with van der Waals surface area (Å²) >= 11 is 0. The molecular weight excluding hydrogens is 294 g/mol. The Labute approximate surface area is 138 Å². The van der Waals surface area contributed by atoms with Crippen molar-refractivity contribution in [3.05, 3.63) is 23.8 Å². The van der Waals surface area contributed by atoms with E-state index in [0.29, 0.717) is 6.61 Å². The number of nitrogens with zero attached hydrogens (tertiary/aromatic N) is 1. The molecule has 1 unspecified atom stereocenters. The number of hydrogen-bond donors (Lipinski definition) is 1. The molecule has 1 atom stereocenters. The molecule has 1 aliphatic heterocycles. The number of benzene rings is 1. The summed E-state index contributed by atoms with van der Waals surface area (Å²) in [5.41, 5.74) is 1.20. The molecule has 1 saturated heterocycles. The molecule has 1 heterocycles. The predicted octanol–water partition coefficient (Wildman–Crippen LogP) is 3.34. The number of likely N-dealkylation sites (tertiary alicyclic amines) is 1. The Morgan fingerprint density at radius 3 is 2.52 bits per heavy atom. The van der Waals surface area contributed by atoms with Gasteiger partial charge in [0.1, 0.15) is 0 Å². The Morgan fingerprint density at radius 2 is 2.00 bits per heavy atom. The van der Waals surface area contributed by atoms with E-state index in [9.17, 15) is 4.79 Å². The van der Waals surface area contributed by atoms with Crippen LogP contribution in [0, 0.1) is 5.92 Å². The van der Waals surface area contributed by atoms with Crippen molar-refractivity contribution in [1.82, 2.24) is 4.90 Å². The van der Waals surface area contributed by atoms with E-state index in [1.165, 1.54) is 5.56 Å². The van der Waals surface area contributed by atoms with Gasteiger partial charge >= 0.3 is 5.97 Å². The lowest BCUT2D eigenvalue weighted by Crippen LogP contribution is -2.38. The first kappa shape index (κ1) is 17.6. The predicted molar refractivity (Wildman–Crippen MR) is 89.1 cm³/mol. The molecule has 0 spiro atoms. The van der Waals surface area contributed by atoms with Crippen LogP contribution >= 0.6 is 0 Å². The van der Waals surface area contributed by atoms with Crippen molar-refractivity contribution < 1.29 is 19.4 Å². The van der Waals surface area contributed by atoms with Crippen LogP contribution < -0.4 is 9.47 Å². The van der Waals surface area contributed by atoms with Gasteiger partial charge in [-0.05, 0) is 57.0 Å². The van der Waals surface area contributed by atoms with E-state index in [-0.39, 0.29) is 12.0 Å². The van der Waals surface area contributed by atoms with E-state index in [1.807, 2.05) is 19.1 Å². The van der Waals surface area contributed by atoms with Gasteiger partial charge < -0.3 is 14.6 Å². The molecule has 2 rings (SSSR count). The molecule has 5 heteroatoms. The van der Waals surface area contributed by atoms with Crippen LogP contribution in [0.2, 0.25) is 0 Å². The number of aliphatic carboxylic acids is 1. The third-order valence-electron chi connectivity index (χ3n) is 4.58. The average molecular weight is 321 g/mol. The van der Waals surface area contributed by atoms with Crippen LogP contribution in [0.5, 0.6) is 11.5 Å². The van der Waals surface area contributed by atoms with Crippen LogP contribution in [0.15, 0.2) is 18.2 Å². The van der Waals surface area contributed by atoms with Gasteiger partial charge in [-0.25, -0.2) is 0 Å². The highest BCUT2D eigenvalue weighted by molar-refractivity contribution is 5.70. The maximum Gasteiger partial charge on any atom is 0.306 e. The fraction of sp³-hybridized carbons (Fsp3) is 0.611. The molecule has 23 heavy (non-hydrogen) atoms. The van der Waals surface area contributed by atoms with Gasteiger partial charge in [0, 0.05) is 6.04 Å². The lowest BCUT2D eigenvalue weighted by Gasteiger charge is -2.36. The third-order valence-corrected chi connectivity index (χ3v) is 4.58. The first-order chi connectivity index (χ1) is 11.1. The van der Waals surface area contributed by atoms with E-state index < -0.39 is 5.97 Å². The monoisotopic (exact) mass is 321 g/mol. The quantitative estimate of drug-likeness (QED) is 0.834. The summed E-state index contributed by atoms with van der Waals surface area (Å²) in [5.74, 6) is 0.653. The molecule has 1 N–H and O–H groups in total. The van der Waals surface area contributed by atoms with Crippen molar-refractivity contribution >= 4 is 5.97 Å². The van der Waals surface area contributed by atoms with Gasteiger partial charge in [-0.15, -0.1) is 0 Å². The van der Waals surface area contributed by atoms with Crippen LogP contribution in [0.4, 0.5) is 0 Å². The smallest absolute Gasteiger partial charge is 0.306 e. The van der Waals surface area contributed by atoms with Crippen LogP contribution in [0.1, 0.15) is 44.7 Å². The maximum absolute atomic E-state index is 11.1. The van der Waals surface area contributed by atoms with Gasteiger partial charge in [0.15, 0.2) is 11.5 Å². The maximum atomic E-state index is 11.1. The Kier molecular flexibility index (Phi) is 6.28. The average Bonchev–Trinajstić information content (AvgIpc) is 2.57. The highest BCUT2D eigenvalue weighted by Crippen LogP contribution is 2.35. The van der Waals surface area contributed by atoms with Crippen molar-refractivity contribution in [3.63, 3.8) is 0 Å². The molecule has 0 aliphatic carbocycles. The molecule has 1 fully saturated rings. The SMILES string of the molecule is CCOc1ccc(C(CC)N2CCC(C(=O)O)CC2)cc1OC. The number of carboxylic acid groups (broad SMARTS) is 1. The highest BCUT2D eigenvalue weighted by atomic mass is 16.5. The summed E-state index contributed by atoms with van der Waals surface area (Å²) in [7, 11) is 1.65. The molecular formula is C18H27NO4. The van der Waals surface area contributed by atoms with Crippen molar-refractivity contribution in [2.24, 2.45) is 5.92 Å².